The lowest BCUT2D eigenvalue weighted by Crippen LogP contribution is -2.26. The third-order valence-corrected chi connectivity index (χ3v) is 3.62. The van der Waals surface area contributed by atoms with Gasteiger partial charge in [0.05, 0.1) is 11.2 Å². The van der Waals surface area contributed by atoms with E-state index in [0.29, 0.717) is 0 Å². The maximum absolute atomic E-state index is 4.70. The molecule has 0 amide bonds. The summed E-state index contributed by atoms with van der Waals surface area (Å²) >= 11 is 3.67. The minimum Gasteiger partial charge on any atom is -0.300 e. The molecule has 84 valence electrons. The molecule has 0 aliphatic carbocycles. The lowest BCUT2D eigenvalue weighted by molar-refractivity contribution is 0.303. The van der Waals surface area contributed by atoms with Gasteiger partial charge in [-0.1, -0.05) is 0 Å². The fourth-order valence-corrected chi connectivity index (χ4v) is 2.97. The summed E-state index contributed by atoms with van der Waals surface area (Å²) in [5, 5.41) is 4.70. The van der Waals surface area contributed by atoms with E-state index in [9.17, 15) is 0 Å². The molecule has 1 aliphatic heterocycles. The highest BCUT2D eigenvalue weighted by atomic mass is 79.9. The molecule has 0 spiro atoms. The number of nitrogens with zero attached hydrogens (tertiary/aromatic N) is 3. The summed E-state index contributed by atoms with van der Waals surface area (Å²) in [6.45, 7) is 8.64. The summed E-state index contributed by atoms with van der Waals surface area (Å²) in [7, 11) is 2.15. The monoisotopic (exact) mass is 271 g/mol. The molecule has 2 rings (SSSR count). The zero-order valence-corrected chi connectivity index (χ0v) is 11.4. The third-order valence-electron chi connectivity index (χ3n) is 2.80. The first-order valence-electron chi connectivity index (χ1n) is 5.35. The van der Waals surface area contributed by atoms with Crippen LogP contribution in [-0.2, 0) is 18.5 Å². The minimum atomic E-state index is 0.0503. The predicted octanol–water partition coefficient (Wildman–Crippen LogP) is 2.39. The maximum Gasteiger partial charge on any atom is 0.108 e. The zero-order valence-electron chi connectivity index (χ0n) is 9.84. The van der Waals surface area contributed by atoms with E-state index in [0.717, 1.165) is 24.1 Å². The van der Waals surface area contributed by atoms with E-state index < -0.39 is 0 Å². The van der Waals surface area contributed by atoms with E-state index in [-0.39, 0.29) is 5.54 Å². The van der Waals surface area contributed by atoms with Crippen LogP contribution in [0, 0.1) is 0 Å². The number of likely N-dealkylation sites (N-methyl/N-ethyl adjacent to an activating group) is 1. The Hall–Kier alpha value is -0.350. The standard InChI is InChI=1S/C11H18BrN3/c1-11(2,3)15-10(12)8-5-6-14(4)7-9(8)13-15/h5-7H2,1-4H3. The first-order chi connectivity index (χ1) is 6.89. The smallest absolute Gasteiger partial charge is 0.108 e. The average molecular weight is 272 g/mol. The Balaban J connectivity index is 2.45. The number of hydrogen-bond acceptors (Lipinski definition) is 2. The molecule has 1 aromatic rings. The highest BCUT2D eigenvalue weighted by Crippen LogP contribution is 2.29. The Morgan fingerprint density at radius 1 is 1.33 bits per heavy atom. The van der Waals surface area contributed by atoms with Crippen LogP contribution < -0.4 is 0 Å². The van der Waals surface area contributed by atoms with Crippen LogP contribution in [0.4, 0.5) is 0 Å². The largest absolute Gasteiger partial charge is 0.300 e. The average Bonchev–Trinajstić information content (AvgIpc) is 2.42. The van der Waals surface area contributed by atoms with Crippen molar-refractivity contribution in [2.24, 2.45) is 0 Å². The molecule has 15 heavy (non-hydrogen) atoms. The van der Waals surface area contributed by atoms with Gasteiger partial charge in [-0.05, 0) is 50.2 Å². The predicted molar refractivity (Wildman–Crippen MR) is 65.0 cm³/mol. The molecule has 0 aromatic carbocycles. The minimum absolute atomic E-state index is 0.0503. The molecule has 0 fully saturated rings. The first kappa shape index (κ1) is 11.1. The Morgan fingerprint density at radius 3 is 2.60 bits per heavy atom. The number of hydrogen-bond donors (Lipinski definition) is 0. The van der Waals surface area contributed by atoms with Crippen LogP contribution in [0.25, 0.3) is 0 Å². The molecular formula is C11H18BrN3. The van der Waals surface area contributed by atoms with Gasteiger partial charge in [0.2, 0.25) is 0 Å². The summed E-state index contributed by atoms with van der Waals surface area (Å²) in [5.41, 5.74) is 2.67. The van der Waals surface area contributed by atoms with Crippen molar-refractivity contribution in [2.75, 3.05) is 13.6 Å². The molecule has 2 heterocycles. The molecule has 1 aromatic heterocycles. The summed E-state index contributed by atoms with van der Waals surface area (Å²) < 4.78 is 3.26. The quantitative estimate of drug-likeness (QED) is 0.723. The van der Waals surface area contributed by atoms with Crippen molar-refractivity contribution in [1.82, 2.24) is 14.7 Å². The normalized spacial score (nSPS) is 17.9. The van der Waals surface area contributed by atoms with Gasteiger partial charge in [0.25, 0.3) is 0 Å². The molecule has 1 aliphatic rings. The highest BCUT2D eigenvalue weighted by Gasteiger charge is 2.26. The van der Waals surface area contributed by atoms with Crippen molar-refractivity contribution < 1.29 is 0 Å². The Kier molecular flexibility index (Phi) is 2.67. The van der Waals surface area contributed by atoms with Gasteiger partial charge in [-0.25, -0.2) is 0 Å². The topological polar surface area (TPSA) is 21.1 Å². The molecule has 0 saturated heterocycles. The zero-order chi connectivity index (χ0) is 11.2. The molecule has 3 nitrogen and oxygen atoms in total. The highest BCUT2D eigenvalue weighted by molar-refractivity contribution is 9.10. The molecule has 0 saturated carbocycles. The first-order valence-corrected chi connectivity index (χ1v) is 6.14. The summed E-state index contributed by atoms with van der Waals surface area (Å²) in [6.07, 6.45) is 1.10. The van der Waals surface area contributed by atoms with Gasteiger partial charge in [0.1, 0.15) is 4.60 Å². The molecule has 0 atom stereocenters. The Morgan fingerprint density at radius 2 is 2.00 bits per heavy atom. The van der Waals surface area contributed by atoms with Gasteiger partial charge >= 0.3 is 0 Å². The van der Waals surface area contributed by atoms with Crippen molar-refractivity contribution in [3.8, 4) is 0 Å². The Labute approximate surface area is 99.6 Å². The van der Waals surface area contributed by atoms with Crippen LogP contribution in [0.15, 0.2) is 4.60 Å². The number of rotatable bonds is 0. The van der Waals surface area contributed by atoms with Crippen molar-refractivity contribution in [2.45, 2.75) is 39.3 Å². The van der Waals surface area contributed by atoms with Gasteiger partial charge in [-0.2, -0.15) is 5.10 Å². The SMILES string of the molecule is CN1CCc2c(nn(C(C)(C)C)c2Br)C1. The van der Waals surface area contributed by atoms with Crippen molar-refractivity contribution in [1.29, 1.82) is 0 Å². The fraction of sp³-hybridized carbons (Fsp3) is 0.727. The van der Waals surface area contributed by atoms with Crippen molar-refractivity contribution >= 4 is 15.9 Å². The maximum atomic E-state index is 4.70. The van der Waals surface area contributed by atoms with E-state index in [4.69, 9.17) is 5.10 Å². The fourth-order valence-electron chi connectivity index (χ4n) is 1.93. The lowest BCUT2D eigenvalue weighted by Gasteiger charge is -2.20. The molecule has 0 N–H and O–H groups in total. The number of aromatic nitrogens is 2. The van der Waals surface area contributed by atoms with Gasteiger partial charge in [0.15, 0.2) is 0 Å². The summed E-state index contributed by atoms with van der Waals surface area (Å²) in [4.78, 5) is 2.31. The molecule has 4 heteroatoms. The van der Waals surface area contributed by atoms with Crippen LogP contribution in [0.3, 0.4) is 0 Å². The van der Waals surface area contributed by atoms with E-state index in [1.807, 2.05) is 0 Å². The van der Waals surface area contributed by atoms with E-state index in [2.05, 4.69) is 53.3 Å². The molecule has 0 unspecified atom stereocenters. The summed E-state index contributed by atoms with van der Waals surface area (Å²) in [5.74, 6) is 0. The van der Waals surface area contributed by atoms with Crippen LogP contribution in [0.5, 0.6) is 0 Å². The molecular weight excluding hydrogens is 254 g/mol. The molecule has 0 bridgehead atoms. The second kappa shape index (κ2) is 3.59. The van der Waals surface area contributed by atoms with Crippen LogP contribution in [0.1, 0.15) is 32.0 Å². The van der Waals surface area contributed by atoms with Crippen LogP contribution >= 0.6 is 15.9 Å². The second-order valence-corrected chi connectivity index (χ2v) is 6.04. The van der Waals surface area contributed by atoms with Crippen molar-refractivity contribution in [3.63, 3.8) is 0 Å². The van der Waals surface area contributed by atoms with Crippen molar-refractivity contribution in [3.05, 3.63) is 15.9 Å². The van der Waals surface area contributed by atoms with Gasteiger partial charge in [-0.3, -0.25) is 4.68 Å². The van der Waals surface area contributed by atoms with Gasteiger partial charge < -0.3 is 4.90 Å². The van der Waals surface area contributed by atoms with E-state index >= 15 is 0 Å². The molecule has 0 radical (unpaired) electrons. The number of fused-ring (bicyclic) bond motifs is 1. The van der Waals surface area contributed by atoms with Gasteiger partial charge in [-0.15, -0.1) is 0 Å². The third kappa shape index (κ3) is 1.97. The summed E-state index contributed by atoms with van der Waals surface area (Å²) in [6, 6.07) is 0. The lowest BCUT2D eigenvalue weighted by atomic mass is 10.1. The van der Waals surface area contributed by atoms with Crippen LogP contribution in [-0.4, -0.2) is 28.3 Å². The second-order valence-electron chi connectivity index (χ2n) is 5.29. The Bertz CT molecular complexity index is 376. The number of halogens is 1. The van der Waals surface area contributed by atoms with E-state index in [1.54, 1.807) is 0 Å². The van der Waals surface area contributed by atoms with Crippen LogP contribution in [0.2, 0.25) is 0 Å². The van der Waals surface area contributed by atoms with E-state index in [1.165, 1.54) is 11.3 Å². The van der Waals surface area contributed by atoms with Gasteiger partial charge in [0, 0.05) is 18.7 Å².